The van der Waals surface area contributed by atoms with Gasteiger partial charge in [-0.25, -0.2) is 0 Å². The zero-order chi connectivity index (χ0) is 23.7. The Morgan fingerprint density at radius 1 is 0.636 bits per heavy atom. The summed E-state index contributed by atoms with van der Waals surface area (Å²) in [7, 11) is 4.34. The second kappa shape index (κ2) is 17.2. The first-order valence-electron chi connectivity index (χ1n) is 13.6. The Labute approximate surface area is 203 Å². The molecule has 0 spiro atoms. The molecule has 1 aromatic carbocycles. The van der Waals surface area contributed by atoms with Gasteiger partial charge in [-0.05, 0) is 51.2 Å². The topological polar surface area (TPSA) is 34.2 Å². The fourth-order valence-electron chi connectivity index (χ4n) is 4.34. The van der Waals surface area contributed by atoms with E-state index >= 15 is 0 Å². The minimum absolute atomic E-state index is 0.0327. The first-order valence-corrected chi connectivity index (χ1v) is 13.6. The molecule has 3 rings (SSSR count). The lowest BCUT2D eigenvalue weighted by Crippen LogP contribution is -2.39. The summed E-state index contributed by atoms with van der Waals surface area (Å²) in [5.41, 5.74) is 0. The zero-order valence-electron chi connectivity index (χ0n) is 21.9. The predicted molar refractivity (Wildman–Crippen MR) is 138 cm³/mol. The second-order valence-electron chi connectivity index (χ2n) is 9.60. The molecule has 2 aliphatic heterocycles. The van der Waals surface area contributed by atoms with E-state index in [1.807, 2.05) is 24.3 Å². The molecule has 2 heterocycles. The highest BCUT2D eigenvalue weighted by molar-refractivity contribution is 5.31. The van der Waals surface area contributed by atoms with Crippen molar-refractivity contribution in [1.29, 1.82) is 0 Å². The third kappa shape index (κ3) is 11.6. The van der Waals surface area contributed by atoms with E-state index in [4.69, 9.17) is 14.2 Å². The second-order valence-corrected chi connectivity index (χ2v) is 9.60. The molecule has 5 nitrogen and oxygen atoms in total. The lowest BCUT2D eigenvalue weighted by atomic mass is 10.1. The maximum atomic E-state index is 6.36. The molecule has 0 fully saturated rings. The Balaban J connectivity index is 1.89. The third-order valence-electron chi connectivity index (χ3n) is 6.60. The number of benzene rings is 1. The number of nitrogens with zero attached hydrogens (tertiary/aromatic N) is 2. The fraction of sp³-hybridized carbons (Fsp3) is 0.786. The van der Waals surface area contributed by atoms with Crippen molar-refractivity contribution in [2.24, 2.45) is 0 Å². The van der Waals surface area contributed by atoms with E-state index in [0.29, 0.717) is 13.2 Å². The highest BCUT2D eigenvalue weighted by atomic mass is 16.5. The molecule has 0 radical (unpaired) electrons. The largest absolute Gasteiger partial charge is 0.475 e. The molecule has 2 aliphatic rings. The monoisotopic (exact) mass is 462 g/mol. The van der Waals surface area contributed by atoms with Crippen LogP contribution in [0, 0.1) is 0 Å². The van der Waals surface area contributed by atoms with Crippen molar-refractivity contribution in [3.05, 3.63) is 24.3 Å². The van der Waals surface area contributed by atoms with Gasteiger partial charge in [0.25, 0.3) is 0 Å². The van der Waals surface area contributed by atoms with Gasteiger partial charge in [-0.3, -0.25) is 9.80 Å². The highest BCUT2D eigenvalue weighted by Gasteiger charge is 2.20. The van der Waals surface area contributed by atoms with Gasteiger partial charge in [0, 0.05) is 25.9 Å². The summed E-state index contributed by atoms with van der Waals surface area (Å²) >= 11 is 0. The standard InChI is InChI=1S/C28H50N2O3/c1-5-7-9-11-13-21-29(3)27-19-23-31-24-20-28(30(4)22-14-12-10-8-6-2)33-26-17-15-25(32-27)16-18-26/h15-18,27-28H,5-14,19-24H2,1-4H3. The summed E-state index contributed by atoms with van der Waals surface area (Å²) in [4.78, 5) is 4.68. The Kier molecular flexibility index (Phi) is 14.5. The quantitative estimate of drug-likeness (QED) is 0.287. The number of hydrogen-bond acceptors (Lipinski definition) is 5. The molecule has 2 bridgehead atoms. The first kappa shape index (κ1) is 27.9. The van der Waals surface area contributed by atoms with Crippen LogP contribution in [-0.4, -0.2) is 62.7 Å². The molecule has 0 N–H and O–H groups in total. The van der Waals surface area contributed by atoms with Crippen molar-refractivity contribution in [3.63, 3.8) is 0 Å². The van der Waals surface area contributed by atoms with Crippen molar-refractivity contribution in [3.8, 4) is 11.5 Å². The average Bonchev–Trinajstić information content (AvgIpc) is 2.85. The zero-order valence-corrected chi connectivity index (χ0v) is 21.9. The predicted octanol–water partition coefficient (Wildman–Crippen LogP) is 6.71. The molecular formula is C28H50N2O3. The highest BCUT2D eigenvalue weighted by Crippen LogP contribution is 2.23. The minimum Gasteiger partial charge on any atom is -0.475 e. The smallest absolute Gasteiger partial charge is 0.154 e. The third-order valence-corrected chi connectivity index (χ3v) is 6.60. The molecule has 2 atom stereocenters. The van der Waals surface area contributed by atoms with Crippen molar-refractivity contribution in [2.45, 2.75) is 103 Å². The van der Waals surface area contributed by atoms with Gasteiger partial charge in [-0.15, -0.1) is 0 Å². The Morgan fingerprint density at radius 3 is 1.42 bits per heavy atom. The van der Waals surface area contributed by atoms with E-state index in [-0.39, 0.29) is 12.5 Å². The van der Waals surface area contributed by atoms with Gasteiger partial charge in [-0.1, -0.05) is 65.2 Å². The summed E-state index contributed by atoms with van der Waals surface area (Å²) in [5.74, 6) is 1.79. The first-order chi connectivity index (χ1) is 16.1. The molecule has 1 aromatic rings. The van der Waals surface area contributed by atoms with Crippen LogP contribution < -0.4 is 9.47 Å². The molecule has 0 amide bonds. The van der Waals surface area contributed by atoms with Crippen LogP contribution in [0.15, 0.2) is 24.3 Å². The van der Waals surface area contributed by atoms with Crippen LogP contribution in [0.4, 0.5) is 0 Å². The number of hydrogen-bond donors (Lipinski definition) is 0. The van der Waals surface area contributed by atoms with E-state index in [0.717, 1.165) is 37.4 Å². The molecule has 0 aromatic heterocycles. The Hall–Kier alpha value is -1.30. The lowest BCUT2D eigenvalue weighted by molar-refractivity contribution is -0.00984. The van der Waals surface area contributed by atoms with Crippen molar-refractivity contribution in [1.82, 2.24) is 9.80 Å². The number of rotatable bonds is 14. The molecule has 5 heteroatoms. The normalized spacial score (nSPS) is 19.6. The minimum atomic E-state index is 0.0327. The summed E-state index contributed by atoms with van der Waals surface area (Å²) in [6.07, 6.45) is 14.7. The fourth-order valence-corrected chi connectivity index (χ4v) is 4.34. The van der Waals surface area contributed by atoms with Gasteiger partial charge in [0.05, 0.1) is 13.2 Å². The average molecular weight is 463 g/mol. The van der Waals surface area contributed by atoms with E-state index in [9.17, 15) is 0 Å². The van der Waals surface area contributed by atoms with Gasteiger partial charge in [0.15, 0.2) is 12.5 Å². The van der Waals surface area contributed by atoms with Crippen LogP contribution in [0.1, 0.15) is 90.9 Å². The SMILES string of the molecule is CCCCCCCN(C)C1CCOCCC(N(C)CCCCCCC)Oc2ccc(cc2)O1. The number of fused-ring (bicyclic) bond motifs is 10. The molecule has 33 heavy (non-hydrogen) atoms. The maximum absolute atomic E-state index is 6.36. The molecule has 0 saturated carbocycles. The summed E-state index contributed by atoms with van der Waals surface area (Å²) in [5, 5.41) is 0. The van der Waals surface area contributed by atoms with Gasteiger partial charge >= 0.3 is 0 Å². The molecule has 2 unspecified atom stereocenters. The van der Waals surface area contributed by atoms with E-state index in [1.54, 1.807) is 0 Å². The van der Waals surface area contributed by atoms with Gasteiger partial charge in [0.2, 0.25) is 0 Å². The van der Waals surface area contributed by atoms with Crippen LogP contribution in [0.2, 0.25) is 0 Å². The molecule has 0 aliphatic carbocycles. The van der Waals surface area contributed by atoms with Crippen LogP contribution in [0.3, 0.4) is 0 Å². The number of unbranched alkanes of at least 4 members (excludes halogenated alkanes) is 8. The molecule has 0 saturated heterocycles. The van der Waals surface area contributed by atoms with Crippen LogP contribution in [0.25, 0.3) is 0 Å². The van der Waals surface area contributed by atoms with E-state index in [1.165, 1.54) is 64.2 Å². The van der Waals surface area contributed by atoms with Crippen LogP contribution in [-0.2, 0) is 4.74 Å². The Bertz CT molecular complexity index is 544. The van der Waals surface area contributed by atoms with Crippen molar-refractivity contribution >= 4 is 0 Å². The van der Waals surface area contributed by atoms with Crippen molar-refractivity contribution in [2.75, 3.05) is 40.4 Å². The van der Waals surface area contributed by atoms with E-state index < -0.39 is 0 Å². The Morgan fingerprint density at radius 2 is 1.03 bits per heavy atom. The maximum Gasteiger partial charge on any atom is 0.154 e. The van der Waals surface area contributed by atoms with Crippen LogP contribution >= 0.6 is 0 Å². The summed E-state index contributed by atoms with van der Waals surface area (Å²) in [6.45, 7) is 8.04. The van der Waals surface area contributed by atoms with Crippen molar-refractivity contribution < 1.29 is 14.2 Å². The van der Waals surface area contributed by atoms with Gasteiger partial charge in [-0.2, -0.15) is 0 Å². The summed E-state index contributed by atoms with van der Waals surface area (Å²) < 4.78 is 18.8. The van der Waals surface area contributed by atoms with Gasteiger partial charge in [0.1, 0.15) is 11.5 Å². The summed E-state index contributed by atoms with van der Waals surface area (Å²) in [6, 6.07) is 8.16. The molecular weight excluding hydrogens is 412 g/mol. The van der Waals surface area contributed by atoms with Crippen LogP contribution in [0.5, 0.6) is 11.5 Å². The van der Waals surface area contributed by atoms with E-state index in [2.05, 4.69) is 37.7 Å². The van der Waals surface area contributed by atoms with Gasteiger partial charge < -0.3 is 14.2 Å². The lowest BCUT2D eigenvalue weighted by Gasteiger charge is -2.29. The molecule has 190 valence electrons. The number of ether oxygens (including phenoxy) is 3.